The van der Waals surface area contributed by atoms with E-state index in [1.54, 1.807) is 11.0 Å². The van der Waals surface area contributed by atoms with Crippen molar-refractivity contribution in [2.75, 3.05) is 6.54 Å². The molecule has 3 rings (SSSR count). The topological polar surface area (TPSA) is 25.2 Å². The molecule has 3 nitrogen and oxygen atoms in total. The van der Waals surface area contributed by atoms with Gasteiger partial charge < -0.3 is 9.47 Å². The molecule has 0 saturated heterocycles. The van der Waals surface area contributed by atoms with E-state index in [2.05, 4.69) is 0 Å². The SMILES string of the molecule is CCCN(Cc1cccn1Cc1cccc(F)c1)C(=O)c1ccc(C(F)(F)F)cc1. The summed E-state index contributed by atoms with van der Waals surface area (Å²) >= 11 is 0. The maximum absolute atomic E-state index is 13.5. The van der Waals surface area contributed by atoms with E-state index < -0.39 is 11.7 Å². The average molecular weight is 418 g/mol. The third kappa shape index (κ3) is 5.28. The van der Waals surface area contributed by atoms with Crippen molar-refractivity contribution in [1.82, 2.24) is 9.47 Å². The molecule has 7 heteroatoms. The molecule has 0 saturated carbocycles. The average Bonchev–Trinajstić information content (AvgIpc) is 3.13. The van der Waals surface area contributed by atoms with Gasteiger partial charge in [0.25, 0.3) is 5.91 Å². The third-order valence-electron chi connectivity index (χ3n) is 4.76. The molecule has 3 aromatic rings. The number of rotatable bonds is 7. The van der Waals surface area contributed by atoms with Crippen LogP contribution in [0.1, 0.15) is 40.5 Å². The van der Waals surface area contributed by atoms with Crippen molar-refractivity contribution in [2.45, 2.75) is 32.6 Å². The zero-order valence-corrected chi connectivity index (χ0v) is 16.5. The molecular formula is C23H22F4N2O. The van der Waals surface area contributed by atoms with Gasteiger partial charge in [-0.25, -0.2) is 4.39 Å². The van der Waals surface area contributed by atoms with Gasteiger partial charge in [0.05, 0.1) is 12.1 Å². The molecule has 30 heavy (non-hydrogen) atoms. The summed E-state index contributed by atoms with van der Waals surface area (Å²) in [7, 11) is 0. The highest BCUT2D eigenvalue weighted by atomic mass is 19.4. The van der Waals surface area contributed by atoms with E-state index in [-0.39, 0.29) is 17.3 Å². The first-order valence-electron chi connectivity index (χ1n) is 9.63. The zero-order valence-electron chi connectivity index (χ0n) is 16.5. The standard InChI is InChI=1S/C23H22F4N2O/c1-2-12-29(22(30)18-8-10-19(11-9-18)23(25,26)27)16-21-7-4-13-28(21)15-17-5-3-6-20(24)14-17/h3-11,13-14H,2,12,15-16H2,1H3. The number of carbonyl (C=O) groups excluding carboxylic acids is 1. The monoisotopic (exact) mass is 418 g/mol. The Labute approximate surface area is 172 Å². The minimum Gasteiger partial charge on any atom is -0.345 e. The quantitative estimate of drug-likeness (QED) is 0.449. The van der Waals surface area contributed by atoms with Crippen molar-refractivity contribution in [1.29, 1.82) is 0 Å². The number of nitrogens with zero attached hydrogens (tertiary/aromatic N) is 2. The third-order valence-corrected chi connectivity index (χ3v) is 4.76. The van der Waals surface area contributed by atoms with Crippen LogP contribution in [0, 0.1) is 5.82 Å². The molecule has 2 aromatic carbocycles. The molecule has 158 valence electrons. The lowest BCUT2D eigenvalue weighted by molar-refractivity contribution is -0.137. The van der Waals surface area contributed by atoms with Gasteiger partial charge >= 0.3 is 6.18 Å². The molecule has 0 unspecified atom stereocenters. The first-order valence-corrected chi connectivity index (χ1v) is 9.63. The fourth-order valence-electron chi connectivity index (χ4n) is 3.28. The van der Waals surface area contributed by atoms with Crippen molar-refractivity contribution in [2.24, 2.45) is 0 Å². The minimum atomic E-state index is -4.44. The number of amides is 1. The Kier molecular flexibility index (Phi) is 6.59. The number of hydrogen-bond donors (Lipinski definition) is 0. The molecule has 1 aromatic heterocycles. The van der Waals surface area contributed by atoms with Crippen molar-refractivity contribution < 1.29 is 22.4 Å². The maximum Gasteiger partial charge on any atom is 0.416 e. The van der Waals surface area contributed by atoms with Crippen molar-refractivity contribution >= 4 is 5.91 Å². The van der Waals surface area contributed by atoms with E-state index in [0.29, 0.717) is 26.1 Å². The van der Waals surface area contributed by atoms with Crippen LogP contribution in [-0.4, -0.2) is 21.9 Å². The number of aromatic nitrogens is 1. The molecule has 0 spiro atoms. The van der Waals surface area contributed by atoms with Crippen LogP contribution in [0.25, 0.3) is 0 Å². The number of hydrogen-bond acceptors (Lipinski definition) is 1. The summed E-state index contributed by atoms with van der Waals surface area (Å²) in [6.07, 6.45) is -1.88. The van der Waals surface area contributed by atoms with Crippen LogP contribution >= 0.6 is 0 Å². The summed E-state index contributed by atoms with van der Waals surface area (Å²) in [6.45, 7) is 3.15. The van der Waals surface area contributed by atoms with Gasteiger partial charge in [0, 0.05) is 30.5 Å². The minimum absolute atomic E-state index is 0.208. The van der Waals surface area contributed by atoms with Gasteiger partial charge in [0.2, 0.25) is 0 Å². The van der Waals surface area contributed by atoms with Gasteiger partial charge in [-0.2, -0.15) is 13.2 Å². The molecule has 1 amide bonds. The Hall–Kier alpha value is -3.09. The second-order valence-electron chi connectivity index (χ2n) is 7.06. The Morgan fingerprint density at radius 1 is 1.03 bits per heavy atom. The zero-order chi connectivity index (χ0) is 21.7. The van der Waals surface area contributed by atoms with E-state index >= 15 is 0 Å². The van der Waals surface area contributed by atoms with E-state index in [0.717, 1.165) is 23.4 Å². The fourth-order valence-corrected chi connectivity index (χ4v) is 3.28. The highest BCUT2D eigenvalue weighted by Gasteiger charge is 2.30. The molecule has 0 atom stereocenters. The fraction of sp³-hybridized carbons (Fsp3) is 0.261. The summed E-state index contributed by atoms with van der Waals surface area (Å²) in [5.74, 6) is -0.643. The summed E-state index contributed by atoms with van der Waals surface area (Å²) in [6, 6.07) is 14.3. The van der Waals surface area contributed by atoms with Crippen LogP contribution in [0.5, 0.6) is 0 Å². The lowest BCUT2D eigenvalue weighted by Crippen LogP contribution is -2.32. The largest absolute Gasteiger partial charge is 0.416 e. The Morgan fingerprint density at radius 2 is 1.77 bits per heavy atom. The van der Waals surface area contributed by atoms with Gasteiger partial charge in [-0.15, -0.1) is 0 Å². The van der Waals surface area contributed by atoms with Gasteiger partial charge in [-0.3, -0.25) is 4.79 Å². The van der Waals surface area contributed by atoms with Crippen LogP contribution in [0.15, 0.2) is 66.9 Å². The normalized spacial score (nSPS) is 11.5. The van der Waals surface area contributed by atoms with Crippen LogP contribution in [0.3, 0.4) is 0 Å². The van der Waals surface area contributed by atoms with Gasteiger partial charge in [0.15, 0.2) is 0 Å². The van der Waals surface area contributed by atoms with E-state index in [1.807, 2.05) is 35.9 Å². The Bertz CT molecular complexity index is 993. The highest BCUT2D eigenvalue weighted by Crippen LogP contribution is 2.29. The second-order valence-corrected chi connectivity index (χ2v) is 7.06. The molecule has 1 heterocycles. The predicted octanol–water partition coefficient (Wildman–Crippen LogP) is 5.75. The molecule has 0 bridgehead atoms. The van der Waals surface area contributed by atoms with Crippen molar-refractivity contribution in [3.05, 3.63) is 95.1 Å². The smallest absolute Gasteiger partial charge is 0.345 e. The van der Waals surface area contributed by atoms with Crippen LogP contribution < -0.4 is 0 Å². The lowest BCUT2D eigenvalue weighted by atomic mass is 10.1. The number of carbonyl (C=O) groups is 1. The molecular weight excluding hydrogens is 396 g/mol. The van der Waals surface area contributed by atoms with Gasteiger partial charge in [-0.05, 0) is 60.5 Å². The van der Waals surface area contributed by atoms with E-state index in [1.165, 1.54) is 24.3 Å². The molecule has 0 radical (unpaired) electrons. The van der Waals surface area contributed by atoms with Crippen LogP contribution in [0.2, 0.25) is 0 Å². The van der Waals surface area contributed by atoms with Crippen molar-refractivity contribution in [3.63, 3.8) is 0 Å². The molecule has 0 fully saturated rings. The summed E-state index contributed by atoms with van der Waals surface area (Å²) in [4.78, 5) is 14.5. The molecule has 0 aliphatic heterocycles. The van der Waals surface area contributed by atoms with Crippen molar-refractivity contribution in [3.8, 4) is 0 Å². The summed E-state index contributed by atoms with van der Waals surface area (Å²) < 4.78 is 53.7. The first-order chi connectivity index (χ1) is 14.3. The second kappa shape index (κ2) is 9.15. The summed E-state index contributed by atoms with van der Waals surface area (Å²) in [5.41, 5.74) is 1.07. The van der Waals surface area contributed by atoms with Gasteiger partial charge in [0.1, 0.15) is 5.82 Å². The van der Waals surface area contributed by atoms with Crippen LogP contribution in [-0.2, 0) is 19.3 Å². The number of alkyl halides is 3. The van der Waals surface area contributed by atoms with E-state index in [9.17, 15) is 22.4 Å². The van der Waals surface area contributed by atoms with E-state index in [4.69, 9.17) is 0 Å². The number of benzene rings is 2. The predicted molar refractivity (Wildman–Crippen MR) is 106 cm³/mol. The Balaban J connectivity index is 1.78. The first kappa shape index (κ1) is 21.6. The Morgan fingerprint density at radius 3 is 2.40 bits per heavy atom. The molecule has 0 aliphatic rings. The lowest BCUT2D eigenvalue weighted by Gasteiger charge is -2.23. The molecule has 0 aliphatic carbocycles. The number of halogens is 4. The van der Waals surface area contributed by atoms with Gasteiger partial charge in [-0.1, -0.05) is 19.1 Å². The maximum atomic E-state index is 13.5. The summed E-state index contributed by atoms with van der Waals surface area (Å²) in [5, 5.41) is 0. The molecule has 0 N–H and O–H groups in total. The van der Waals surface area contributed by atoms with Crippen LogP contribution in [0.4, 0.5) is 17.6 Å². The highest BCUT2D eigenvalue weighted by molar-refractivity contribution is 5.94.